The zero-order valence-electron chi connectivity index (χ0n) is 9.14. The molecule has 1 atom stereocenters. The molecule has 0 aromatic rings. The van der Waals surface area contributed by atoms with Gasteiger partial charge in [0.15, 0.2) is 13.0 Å². The number of hydrogen-bond donors (Lipinski definition) is 0. The van der Waals surface area contributed by atoms with Crippen LogP contribution in [-0.2, 0) is 11.1 Å². The van der Waals surface area contributed by atoms with Crippen molar-refractivity contribution in [2.75, 3.05) is 0 Å². The van der Waals surface area contributed by atoms with Gasteiger partial charge in [0, 0.05) is 0 Å². The van der Waals surface area contributed by atoms with Crippen LogP contribution in [0.25, 0.3) is 0 Å². The van der Waals surface area contributed by atoms with Crippen molar-refractivity contribution in [1.82, 2.24) is 0 Å². The molecule has 0 fully saturated rings. The van der Waals surface area contributed by atoms with E-state index in [4.69, 9.17) is 151 Å². The fourth-order valence-corrected chi connectivity index (χ4v) is 4.99. The van der Waals surface area contributed by atoms with Crippen LogP contribution in [0.15, 0.2) is 0 Å². The average Bonchev–Trinajstić information content (AvgIpc) is 2.25. The Morgan fingerprint density at radius 2 is 0.818 bits per heavy atom. The fraction of sp³-hybridized carbons (Fsp3) is 1.00. The molecular formula is C6Cl13O2S-. The van der Waals surface area contributed by atoms with Crippen molar-refractivity contribution in [3.63, 3.8) is 0 Å². The van der Waals surface area contributed by atoms with Crippen LogP contribution >= 0.6 is 151 Å². The maximum atomic E-state index is 11.1. The van der Waals surface area contributed by atoms with E-state index < -0.39 is 35.9 Å². The Kier molecular flexibility index (Phi) is 9.08. The van der Waals surface area contributed by atoms with Gasteiger partial charge in [-0.15, -0.1) is 0 Å². The highest BCUT2D eigenvalue weighted by Gasteiger charge is 2.77. The smallest absolute Gasteiger partial charge is 0.226 e. The van der Waals surface area contributed by atoms with Gasteiger partial charge in [-0.2, -0.15) is 0 Å². The van der Waals surface area contributed by atoms with E-state index in [-0.39, 0.29) is 0 Å². The number of alkyl halides is 13. The number of hydrogen-bond acceptors (Lipinski definition) is 2. The first-order valence-corrected chi connectivity index (χ1v) is 10.2. The highest BCUT2D eigenvalue weighted by Crippen LogP contribution is 2.69. The van der Waals surface area contributed by atoms with Gasteiger partial charge in [-0.05, 0) is 11.1 Å². The Hall–Kier alpha value is 3.88. The van der Waals surface area contributed by atoms with Crippen molar-refractivity contribution < 1.29 is 8.76 Å². The van der Waals surface area contributed by atoms with Crippen molar-refractivity contribution in [2.24, 2.45) is 0 Å². The van der Waals surface area contributed by atoms with E-state index in [2.05, 4.69) is 0 Å². The van der Waals surface area contributed by atoms with Gasteiger partial charge >= 0.3 is 0 Å². The first-order valence-electron chi connectivity index (χ1n) is 4.24. The molecule has 0 bridgehead atoms. The molecule has 0 rings (SSSR count). The van der Waals surface area contributed by atoms with Gasteiger partial charge in [-0.1, -0.05) is 151 Å². The van der Waals surface area contributed by atoms with Crippen LogP contribution in [0, 0.1) is 0 Å². The van der Waals surface area contributed by atoms with Crippen LogP contribution in [0.2, 0.25) is 0 Å². The standard InChI is InChI=1S/C6HCl13O2S/c7-1(8,3(11,12)5(15,16)17)2(9,10)4(13,14)6(18,19)22(20)21/h(H,20,21)/p-1. The van der Waals surface area contributed by atoms with E-state index in [1.165, 1.54) is 0 Å². The maximum absolute atomic E-state index is 11.1. The number of halogens is 13. The molecule has 0 saturated heterocycles. The van der Waals surface area contributed by atoms with E-state index >= 15 is 0 Å². The Labute approximate surface area is 193 Å². The lowest BCUT2D eigenvalue weighted by Gasteiger charge is -2.50. The summed E-state index contributed by atoms with van der Waals surface area (Å²) in [5, 5.41) is 0. The lowest BCUT2D eigenvalue weighted by molar-refractivity contribution is 0.493. The molecule has 16 heteroatoms. The number of rotatable bonds is 5. The van der Waals surface area contributed by atoms with Crippen LogP contribution in [0.4, 0.5) is 0 Å². The van der Waals surface area contributed by atoms with E-state index in [0.29, 0.717) is 0 Å². The van der Waals surface area contributed by atoms with Crippen molar-refractivity contribution >= 4 is 162 Å². The Balaban J connectivity index is 6.29. The highest BCUT2D eigenvalue weighted by atomic mass is 35.6. The molecule has 134 valence electrons. The largest absolute Gasteiger partial charge is 0.770 e. The minimum Gasteiger partial charge on any atom is -0.770 e. The summed E-state index contributed by atoms with van der Waals surface area (Å²) in [6.45, 7) is 0. The van der Waals surface area contributed by atoms with E-state index in [1.807, 2.05) is 0 Å². The second-order valence-corrected chi connectivity index (χ2v) is 14.0. The monoisotopic (exact) mass is 591 g/mol. The van der Waals surface area contributed by atoms with Crippen LogP contribution < -0.4 is 0 Å². The SMILES string of the molecule is O=S([O-])C(Cl)(Cl)C(Cl)(Cl)C(Cl)(Cl)C(Cl)(Cl)C(Cl)(Cl)C(Cl)(Cl)Cl. The molecule has 0 spiro atoms. The predicted molar refractivity (Wildman–Crippen MR) is 101 cm³/mol. The lowest BCUT2D eigenvalue weighted by Crippen LogP contribution is -2.66. The second-order valence-electron chi connectivity index (χ2n) is 3.55. The average molecular weight is 597 g/mol. The van der Waals surface area contributed by atoms with Gasteiger partial charge in [0.2, 0.25) is 11.8 Å². The van der Waals surface area contributed by atoms with Gasteiger partial charge < -0.3 is 4.55 Å². The minimum absolute atomic E-state index is 2.57. The zero-order chi connectivity index (χ0) is 18.6. The third-order valence-electron chi connectivity index (χ3n) is 2.11. The van der Waals surface area contributed by atoms with Gasteiger partial charge in [0.1, 0.15) is 0 Å². The van der Waals surface area contributed by atoms with Gasteiger partial charge in [0.25, 0.3) is 0 Å². The summed E-state index contributed by atoms with van der Waals surface area (Å²) < 4.78 is 5.03. The summed E-state index contributed by atoms with van der Waals surface area (Å²) in [5.74, 6) is 0. The first kappa shape index (κ1) is 25.9. The molecule has 0 aliphatic rings. The van der Waals surface area contributed by atoms with Gasteiger partial charge in [-0.25, -0.2) is 0 Å². The van der Waals surface area contributed by atoms with Crippen LogP contribution in [0.3, 0.4) is 0 Å². The van der Waals surface area contributed by atoms with Crippen molar-refractivity contribution in [3.05, 3.63) is 0 Å². The summed E-state index contributed by atoms with van der Waals surface area (Å²) in [6.07, 6.45) is 0. The minimum atomic E-state index is -3.33. The summed E-state index contributed by atoms with van der Waals surface area (Å²) in [4.78, 5) is 0. The topological polar surface area (TPSA) is 40.1 Å². The molecule has 0 aromatic carbocycles. The summed E-state index contributed by atoms with van der Waals surface area (Å²) in [7, 11) is 0. The summed E-state index contributed by atoms with van der Waals surface area (Å²) >= 11 is 71.1. The van der Waals surface area contributed by atoms with Crippen molar-refractivity contribution in [2.45, 2.75) is 24.8 Å². The molecular weight excluding hydrogens is 597 g/mol. The van der Waals surface area contributed by atoms with Crippen LogP contribution in [-0.4, -0.2) is 33.6 Å². The van der Waals surface area contributed by atoms with Gasteiger partial charge in [-0.3, -0.25) is 4.21 Å². The quantitative estimate of drug-likeness (QED) is 0.252. The van der Waals surface area contributed by atoms with E-state index in [9.17, 15) is 8.76 Å². The molecule has 0 N–H and O–H groups in total. The third-order valence-corrected chi connectivity index (χ3v) is 11.9. The molecule has 0 amide bonds. The first-order chi connectivity index (χ1) is 9.19. The maximum Gasteiger partial charge on any atom is 0.226 e. The molecule has 22 heavy (non-hydrogen) atoms. The van der Waals surface area contributed by atoms with Crippen molar-refractivity contribution in [3.8, 4) is 0 Å². The van der Waals surface area contributed by atoms with Crippen molar-refractivity contribution in [1.29, 1.82) is 0 Å². The van der Waals surface area contributed by atoms with Crippen LogP contribution in [0.1, 0.15) is 0 Å². The predicted octanol–water partition coefficient (Wildman–Crippen LogP) is 7.06. The zero-order valence-corrected chi connectivity index (χ0v) is 19.8. The summed E-state index contributed by atoms with van der Waals surface area (Å²) in [5.41, 5.74) is 0. The van der Waals surface area contributed by atoms with E-state index in [1.54, 1.807) is 0 Å². The van der Waals surface area contributed by atoms with Crippen LogP contribution in [0.5, 0.6) is 0 Å². The second kappa shape index (κ2) is 7.72. The molecule has 0 aliphatic heterocycles. The molecule has 1 unspecified atom stereocenters. The lowest BCUT2D eigenvalue weighted by atomic mass is 10.1. The molecule has 0 aromatic heterocycles. The Morgan fingerprint density at radius 1 is 0.545 bits per heavy atom. The molecule has 0 heterocycles. The molecule has 0 saturated carbocycles. The third kappa shape index (κ3) is 4.15. The normalized spacial score (nSPS) is 17.5. The van der Waals surface area contributed by atoms with E-state index in [0.717, 1.165) is 0 Å². The highest BCUT2D eigenvalue weighted by molar-refractivity contribution is 7.84. The Morgan fingerprint density at radius 3 is 1.05 bits per heavy atom. The van der Waals surface area contributed by atoms with Gasteiger partial charge in [0.05, 0.1) is 0 Å². The fourth-order valence-electron chi connectivity index (χ4n) is 0.860. The Bertz CT molecular complexity index is 452. The molecule has 0 aliphatic carbocycles. The summed E-state index contributed by atoms with van der Waals surface area (Å²) in [6, 6.07) is 0. The molecule has 2 nitrogen and oxygen atoms in total. The molecule has 0 radical (unpaired) electrons.